The van der Waals surface area contributed by atoms with Crippen LogP contribution in [0.25, 0.3) is 0 Å². The molecule has 0 atom stereocenters. The number of carbonyl (C=O) groups is 1. The van der Waals surface area contributed by atoms with E-state index in [1.54, 1.807) is 12.1 Å². The first-order valence-corrected chi connectivity index (χ1v) is 8.39. The van der Waals surface area contributed by atoms with E-state index in [4.69, 9.17) is 0 Å². The van der Waals surface area contributed by atoms with Crippen LogP contribution in [0.1, 0.15) is 36.2 Å². The molecule has 21 heavy (non-hydrogen) atoms. The van der Waals surface area contributed by atoms with Crippen LogP contribution in [0.15, 0.2) is 18.2 Å². The second-order valence-electron chi connectivity index (χ2n) is 5.53. The summed E-state index contributed by atoms with van der Waals surface area (Å²) in [7, 11) is -3.64. The van der Waals surface area contributed by atoms with E-state index in [1.165, 1.54) is 10.4 Å². The van der Waals surface area contributed by atoms with E-state index in [-0.39, 0.29) is 11.5 Å². The predicted molar refractivity (Wildman–Crippen MR) is 80.8 cm³/mol. The van der Waals surface area contributed by atoms with Gasteiger partial charge in [0.2, 0.25) is 0 Å². The Morgan fingerprint density at radius 1 is 1.43 bits per heavy atom. The Morgan fingerprint density at radius 2 is 2.14 bits per heavy atom. The lowest BCUT2D eigenvalue weighted by Gasteiger charge is -2.31. The number of nitrogens with zero attached hydrogens (tertiary/aromatic N) is 1. The van der Waals surface area contributed by atoms with Crippen molar-refractivity contribution in [2.75, 3.05) is 17.4 Å². The average Bonchev–Trinajstić information content (AvgIpc) is 2.43. The van der Waals surface area contributed by atoms with Gasteiger partial charge in [0.05, 0.1) is 11.3 Å². The second-order valence-corrected chi connectivity index (χ2v) is 7.21. The zero-order chi connectivity index (χ0) is 15.6. The molecule has 1 aliphatic heterocycles. The normalized spacial score (nSPS) is 15.1. The highest BCUT2D eigenvalue weighted by molar-refractivity contribution is 7.90. The van der Waals surface area contributed by atoms with E-state index in [1.807, 2.05) is 13.8 Å². The van der Waals surface area contributed by atoms with Crippen LogP contribution in [0.2, 0.25) is 0 Å². The second kappa shape index (κ2) is 6.03. The molecule has 1 aliphatic rings. The third-order valence-electron chi connectivity index (χ3n) is 3.40. The van der Waals surface area contributed by atoms with Crippen LogP contribution >= 0.6 is 0 Å². The number of hydrogen-bond donors (Lipinski definition) is 2. The summed E-state index contributed by atoms with van der Waals surface area (Å²) in [5, 5.41) is 9.22. The highest BCUT2D eigenvalue weighted by Gasteiger charge is 2.29. The number of nitrogens with one attached hydrogen (secondary N) is 1. The van der Waals surface area contributed by atoms with E-state index in [0.29, 0.717) is 37.2 Å². The van der Waals surface area contributed by atoms with Crippen molar-refractivity contribution in [1.82, 2.24) is 4.72 Å². The number of benzene rings is 1. The van der Waals surface area contributed by atoms with Gasteiger partial charge in [-0.1, -0.05) is 19.9 Å². The van der Waals surface area contributed by atoms with Crippen molar-refractivity contribution in [3.8, 4) is 0 Å². The van der Waals surface area contributed by atoms with Crippen molar-refractivity contribution in [3.63, 3.8) is 0 Å². The Balaban J connectivity index is 2.39. The molecule has 116 valence electrons. The molecule has 1 aromatic rings. The molecule has 0 saturated heterocycles. The molecule has 0 bridgehead atoms. The first kappa shape index (κ1) is 15.8. The summed E-state index contributed by atoms with van der Waals surface area (Å²) < 4.78 is 28.6. The van der Waals surface area contributed by atoms with Crippen LogP contribution in [0.5, 0.6) is 0 Å². The zero-order valence-electron chi connectivity index (χ0n) is 12.2. The van der Waals surface area contributed by atoms with Gasteiger partial charge in [0.25, 0.3) is 0 Å². The summed E-state index contributed by atoms with van der Waals surface area (Å²) in [6.45, 7) is 4.57. The van der Waals surface area contributed by atoms with Gasteiger partial charge in [-0.3, -0.25) is 4.31 Å². The van der Waals surface area contributed by atoms with Crippen molar-refractivity contribution < 1.29 is 18.3 Å². The summed E-state index contributed by atoms with van der Waals surface area (Å²) in [5.41, 5.74) is 1.24. The summed E-state index contributed by atoms with van der Waals surface area (Å²) in [5.74, 6) is -0.823. The molecule has 2 rings (SSSR count). The maximum absolute atomic E-state index is 12.4. The fraction of sp³-hybridized carbons (Fsp3) is 0.500. The number of rotatable bonds is 5. The van der Waals surface area contributed by atoms with Gasteiger partial charge in [0, 0.05) is 13.1 Å². The average molecular weight is 312 g/mol. The molecule has 0 saturated carbocycles. The summed E-state index contributed by atoms with van der Waals surface area (Å²) >= 11 is 0. The van der Waals surface area contributed by atoms with Gasteiger partial charge >= 0.3 is 16.2 Å². The lowest BCUT2D eigenvalue weighted by molar-refractivity contribution is 0.0695. The molecule has 0 spiro atoms. The minimum absolute atomic E-state index is 0.177. The quantitative estimate of drug-likeness (QED) is 0.865. The van der Waals surface area contributed by atoms with Crippen molar-refractivity contribution >= 4 is 21.9 Å². The predicted octanol–water partition coefficient (Wildman–Crippen LogP) is 1.63. The van der Waals surface area contributed by atoms with E-state index in [9.17, 15) is 18.3 Å². The standard InChI is InChI=1S/C14H20N2O4S/c1-10(2)9-15-21(19,20)16-8-4-6-11-12(14(17)18)5-3-7-13(11)16/h3,5,7,10,15H,4,6,8-9H2,1-2H3,(H,17,18). The van der Waals surface area contributed by atoms with Crippen molar-refractivity contribution in [2.24, 2.45) is 5.92 Å². The fourth-order valence-corrected chi connectivity index (χ4v) is 3.89. The van der Waals surface area contributed by atoms with Crippen molar-refractivity contribution in [1.29, 1.82) is 0 Å². The number of hydrogen-bond acceptors (Lipinski definition) is 3. The van der Waals surface area contributed by atoms with Gasteiger partial charge in [-0.25, -0.2) is 4.79 Å². The molecule has 7 heteroatoms. The van der Waals surface area contributed by atoms with E-state index >= 15 is 0 Å². The van der Waals surface area contributed by atoms with Crippen LogP contribution in [-0.4, -0.2) is 32.6 Å². The highest BCUT2D eigenvalue weighted by Crippen LogP contribution is 2.31. The lowest BCUT2D eigenvalue weighted by atomic mass is 9.98. The van der Waals surface area contributed by atoms with Crippen LogP contribution in [0.4, 0.5) is 5.69 Å². The van der Waals surface area contributed by atoms with Crippen LogP contribution in [0, 0.1) is 5.92 Å². The Kier molecular flexibility index (Phi) is 4.53. The Morgan fingerprint density at radius 3 is 2.76 bits per heavy atom. The highest BCUT2D eigenvalue weighted by atomic mass is 32.2. The lowest BCUT2D eigenvalue weighted by Crippen LogP contribution is -2.44. The molecule has 0 unspecified atom stereocenters. The van der Waals surface area contributed by atoms with Crippen LogP contribution < -0.4 is 9.03 Å². The molecular weight excluding hydrogens is 292 g/mol. The van der Waals surface area contributed by atoms with Gasteiger partial charge in [0.1, 0.15) is 0 Å². The van der Waals surface area contributed by atoms with E-state index in [2.05, 4.69) is 4.72 Å². The molecule has 1 aromatic carbocycles. The Bertz CT molecular complexity index is 640. The van der Waals surface area contributed by atoms with Gasteiger partial charge in [-0.05, 0) is 36.5 Å². The molecule has 0 aromatic heterocycles. The monoisotopic (exact) mass is 312 g/mol. The number of anilines is 1. The molecule has 2 N–H and O–H groups in total. The SMILES string of the molecule is CC(C)CNS(=O)(=O)N1CCCc2c(C(=O)O)cccc21. The first-order valence-electron chi connectivity index (χ1n) is 6.95. The first-order chi connectivity index (χ1) is 9.83. The summed E-state index contributed by atoms with van der Waals surface area (Å²) in [6.07, 6.45) is 1.19. The maximum Gasteiger partial charge on any atom is 0.336 e. The number of carboxylic acids is 1. The maximum atomic E-state index is 12.4. The molecule has 0 amide bonds. The third-order valence-corrected chi connectivity index (χ3v) is 4.89. The zero-order valence-corrected chi connectivity index (χ0v) is 13.0. The molecule has 0 fully saturated rings. The largest absolute Gasteiger partial charge is 0.478 e. The van der Waals surface area contributed by atoms with Crippen molar-refractivity contribution in [2.45, 2.75) is 26.7 Å². The number of aromatic carboxylic acids is 1. The molecule has 1 heterocycles. The topological polar surface area (TPSA) is 86.7 Å². The van der Waals surface area contributed by atoms with Gasteiger partial charge in [0.15, 0.2) is 0 Å². The Hall–Kier alpha value is -1.60. The van der Waals surface area contributed by atoms with Gasteiger partial charge in [-0.2, -0.15) is 13.1 Å². The van der Waals surface area contributed by atoms with Crippen molar-refractivity contribution in [3.05, 3.63) is 29.3 Å². The summed E-state index contributed by atoms with van der Waals surface area (Å²) in [4.78, 5) is 11.3. The number of carboxylic acid groups (broad SMARTS) is 1. The minimum atomic E-state index is -3.64. The molecule has 0 radical (unpaired) electrons. The van der Waals surface area contributed by atoms with E-state index in [0.717, 1.165) is 0 Å². The summed E-state index contributed by atoms with van der Waals surface area (Å²) in [6, 6.07) is 4.76. The van der Waals surface area contributed by atoms with E-state index < -0.39 is 16.2 Å². The smallest absolute Gasteiger partial charge is 0.336 e. The molecule has 0 aliphatic carbocycles. The molecular formula is C14H20N2O4S. The van der Waals surface area contributed by atoms with Gasteiger partial charge in [-0.15, -0.1) is 0 Å². The fourth-order valence-electron chi connectivity index (χ4n) is 2.39. The molecule has 6 nitrogen and oxygen atoms in total. The third kappa shape index (κ3) is 3.36. The van der Waals surface area contributed by atoms with Crippen LogP contribution in [0.3, 0.4) is 0 Å². The van der Waals surface area contributed by atoms with Crippen LogP contribution in [-0.2, 0) is 16.6 Å². The minimum Gasteiger partial charge on any atom is -0.478 e. The van der Waals surface area contributed by atoms with Gasteiger partial charge < -0.3 is 5.11 Å². The Labute approximate surface area is 125 Å². The number of fused-ring (bicyclic) bond motifs is 1.